The first kappa shape index (κ1) is 13.7. The first-order valence-electron chi connectivity index (χ1n) is 5.71. The minimum atomic E-state index is -0.495. The molecule has 0 aromatic heterocycles. The quantitative estimate of drug-likeness (QED) is 0.847. The molecule has 5 heteroatoms. The van der Waals surface area contributed by atoms with Gasteiger partial charge in [-0.25, -0.2) is 5.06 Å². The van der Waals surface area contributed by atoms with Gasteiger partial charge in [-0.1, -0.05) is 23.2 Å². The van der Waals surface area contributed by atoms with Gasteiger partial charge in [0.25, 0.3) is 0 Å². The van der Waals surface area contributed by atoms with Gasteiger partial charge in [0, 0.05) is 10.6 Å². The molecule has 0 aliphatic carbocycles. The molecule has 1 aromatic rings. The van der Waals surface area contributed by atoms with Crippen LogP contribution in [-0.2, 0) is 0 Å². The fourth-order valence-corrected chi connectivity index (χ4v) is 2.31. The van der Waals surface area contributed by atoms with Gasteiger partial charge >= 0.3 is 0 Å². The van der Waals surface area contributed by atoms with Gasteiger partial charge in [-0.05, 0) is 45.9 Å². The van der Waals surface area contributed by atoms with E-state index in [0.717, 1.165) is 0 Å². The van der Waals surface area contributed by atoms with Gasteiger partial charge in [-0.15, -0.1) is 0 Å². The fourth-order valence-electron chi connectivity index (χ4n) is 1.82. The van der Waals surface area contributed by atoms with Crippen LogP contribution in [0.3, 0.4) is 0 Å². The lowest BCUT2D eigenvalue weighted by Crippen LogP contribution is -2.51. The van der Waals surface area contributed by atoms with Crippen molar-refractivity contribution in [2.45, 2.75) is 38.8 Å². The zero-order valence-electron chi connectivity index (χ0n) is 10.8. The van der Waals surface area contributed by atoms with Crippen LogP contribution in [0.25, 0.3) is 0 Å². The van der Waals surface area contributed by atoms with Crippen LogP contribution in [0.4, 0.5) is 0 Å². The average Bonchev–Trinajstić information content (AvgIpc) is 2.39. The number of rotatable bonds is 1. The van der Waals surface area contributed by atoms with E-state index in [1.165, 1.54) is 5.06 Å². The van der Waals surface area contributed by atoms with Crippen molar-refractivity contribution in [3.63, 3.8) is 0 Å². The van der Waals surface area contributed by atoms with Crippen LogP contribution in [0.1, 0.15) is 33.3 Å². The third kappa shape index (κ3) is 1.91. The Hall–Kier alpha value is -0.770. The van der Waals surface area contributed by atoms with Gasteiger partial charge in [0.15, 0.2) is 5.84 Å². The fraction of sp³-hybridized carbons (Fsp3) is 0.462. The summed E-state index contributed by atoms with van der Waals surface area (Å²) in [7, 11) is 0. The second kappa shape index (κ2) is 4.12. The maximum Gasteiger partial charge on any atom is 0.157 e. The van der Waals surface area contributed by atoms with Crippen molar-refractivity contribution >= 4 is 29.0 Å². The van der Waals surface area contributed by atoms with E-state index in [1.807, 2.05) is 27.7 Å². The SMILES string of the molecule is CC1(C)N=C(c2ccc(Cl)cc2Cl)N(O)C1(C)C. The van der Waals surface area contributed by atoms with Crippen molar-refractivity contribution in [1.29, 1.82) is 0 Å². The topological polar surface area (TPSA) is 35.8 Å². The van der Waals surface area contributed by atoms with Crippen molar-refractivity contribution in [3.8, 4) is 0 Å². The van der Waals surface area contributed by atoms with Crippen molar-refractivity contribution in [1.82, 2.24) is 5.06 Å². The molecular weight excluding hydrogens is 271 g/mol. The summed E-state index contributed by atoms with van der Waals surface area (Å²) in [5.41, 5.74) is -0.215. The van der Waals surface area contributed by atoms with Crippen LogP contribution < -0.4 is 0 Å². The van der Waals surface area contributed by atoms with Crippen LogP contribution in [0.2, 0.25) is 10.0 Å². The predicted octanol–water partition coefficient (Wildman–Crippen LogP) is 4.00. The van der Waals surface area contributed by atoms with Crippen LogP contribution >= 0.6 is 23.2 Å². The molecule has 3 nitrogen and oxygen atoms in total. The highest BCUT2D eigenvalue weighted by molar-refractivity contribution is 6.37. The van der Waals surface area contributed by atoms with E-state index in [4.69, 9.17) is 23.2 Å². The number of amidine groups is 1. The Morgan fingerprint density at radius 2 is 1.78 bits per heavy atom. The van der Waals surface area contributed by atoms with Crippen molar-refractivity contribution in [3.05, 3.63) is 33.8 Å². The summed E-state index contributed by atoms with van der Waals surface area (Å²) in [5.74, 6) is 0.478. The lowest BCUT2D eigenvalue weighted by Gasteiger charge is -2.36. The Labute approximate surface area is 117 Å². The van der Waals surface area contributed by atoms with Gasteiger partial charge in [-0.3, -0.25) is 10.2 Å². The molecule has 18 heavy (non-hydrogen) atoms. The smallest absolute Gasteiger partial charge is 0.157 e. The molecule has 0 amide bonds. The van der Waals surface area contributed by atoms with E-state index in [-0.39, 0.29) is 0 Å². The number of aliphatic imine (C=N–C) groups is 1. The molecule has 1 heterocycles. The van der Waals surface area contributed by atoms with E-state index in [9.17, 15) is 5.21 Å². The Kier molecular flexibility index (Phi) is 3.13. The Bertz CT molecular complexity index is 524. The van der Waals surface area contributed by atoms with E-state index in [1.54, 1.807) is 18.2 Å². The second-order valence-corrected chi connectivity index (χ2v) is 6.33. The van der Waals surface area contributed by atoms with Crippen molar-refractivity contribution < 1.29 is 5.21 Å². The molecule has 0 saturated carbocycles. The monoisotopic (exact) mass is 286 g/mol. The highest BCUT2D eigenvalue weighted by Crippen LogP contribution is 2.39. The summed E-state index contributed by atoms with van der Waals surface area (Å²) in [5, 5.41) is 12.5. The summed E-state index contributed by atoms with van der Waals surface area (Å²) in [4.78, 5) is 4.58. The van der Waals surface area contributed by atoms with Crippen molar-refractivity contribution in [2.24, 2.45) is 4.99 Å². The zero-order chi connectivity index (χ0) is 13.7. The molecule has 1 aromatic carbocycles. The summed E-state index contributed by atoms with van der Waals surface area (Å²) < 4.78 is 0. The maximum absolute atomic E-state index is 10.3. The first-order chi connectivity index (χ1) is 8.17. The largest absolute Gasteiger partial charge is 0.286 e. The summed E-state index contributed by atoms with van der Waals surface area (Å²) in [6.45, 7) is 7.83. The van der Waals surface area contributed by atoms with Gasteiger partial charge in [0.05, 0.1) is 16.1 Å². The molecule has 0 saturated heterocycles. The summed E-state index contributed by atoms with van der Waals surface area (Å²) >= 11 is 12.0. The van der Waals surface area contributed by atoms with Crippen LogP contribution in [0.15, 0.2) is 23.2 Å². The maximum atomic E-state index is 10.3. The highest BCUT2D eigenvalue weighted by atomic mass is 35.5. The van der Waals surface area contributed by atoms with E-state index in [0.29, 0.717) is 21.4 Å². The molecule has 2 rings (SSSR count). The number of halogens is 2. The summed E-state index contributed by atoms with van der Waals surface area (Å²) in [6, 6.07) is 5.15. The van der Waals surface area contributed by atoms with Gasteiger partial charge in [0.1, 0.15) is 0 Å². The van der Waals surface area contributed by atoms with Crippen LogP contribution in [-0.4, -0.2) is 27.2 Å². The number of hydrogen-bond donors (Lipinski definition) is 1. The minimum absolute atomic E-state index is 0.403. The number of hydroxylamine groups is 2. The molecule has 0 radical (unpaired) electrons. The zero-order valence-corrected chi connectivity index (χ0v) is 12.3. The molecule has 1 aliphatic heterocycles. The molecule has 0 fully saturated rings. The second-order valence-electron chi connectivity index (χ2n) is 5.49. The third-order valence-electron chi connectivity index (χ3n) is 3.78. The Morgan fingerprint density at radius 3 is 2.22 bits per heavy atom. The third-order valence-corrected chi connectivity index (χ3v) is 4.33. The van der Waals surface area contributed by atoms with Gasteiger partial charge < -0.3 is 0 Å². The molecule has 0 bridgehead atoms. The van der Waals surface area contributed by atoms with Crippen LogP contribution in [0, 0.1) is 0 Å². The van der Waals surface area contributed by atoms with E-state index in [2.05, 4.69) is 4.99 Å². The average molecular weight is 287 g/mol. The summed E-state index contributed by atoms with van der Waals surface area (Å²) in [6.07, 6.45) is 0. The predicted molar refractivity (Wildman–Crippen MR) is 74.8 cm³/mol. The van der Waals surface area contributed by atoms with Gasteiger partial charge in [-0.2, -0.15) is 0 Å². The molecule has 0 unspecified atom stereocenters. The lowest BCUT2D eigenvalue weighted by molar-refractivity contribution is -0.0992. The standard InChI is InChI=1S/C13H16Cl2N2O/c1-12(2)13(3,4)17(18)11(16-12)9-6-5-8(14)7-10(9)15/h5-7,18H,1-4H3. The minimum Gasteiger partial charge on any atom is -0.286 e. The molecule has 1 N–H and O–H groups in total. The van der Waals surface area contributed by atoms with Crippen molar-refractivity contribution in [2.75, 3.05) is 0 Å². The molecular formula is C13H16Cl2N2O. The molecule has 1 aliphatic rings. The molecule has 0 atom stereocenters. The normalized spacial score (nSPS) is 21.1. The Morgan fingerprint density at radius 1 is 1.17 bits per heavy atom. The first-order valence-corrected chi connectivity index (χ1v) is 6.47. The van der Waals surface area contributed by atoms with Crippen LogP contribution in [0.5, 0.6) is 0 Å². The van der Waals surface area contributed by atoms with Gasteiger partial charge in [0.2, 0.25) is 0 Å². The van der Waals surface area contributed by atoms with E-state index >= 15 is 0 Å². The highest BCUT2D eigenvalue weighted by Gasteiger charge is 2.49. The number of benzene rings is 1. The molecule has 98 valence electrons. The number of nitrogens with zero attached hydrogens (tertiary/aromatic N) is 2. The lowest BCUT2D eigenvalue weighted by atomic mass is 9.84. The Balaban J connectivity index is 2.53. The van der Waals surface area contributed by atoms with E-state index < -0.39 is 11.1 Å². The number of hydrogen-bond acceptors (Lipinski definition) is 3. The molecule has 0 spiro atoms.